The predicted octanol–water partition coefficient (Wildman–Crippen LogP) is 1.29. The first-order chi connectivity index (χ1) is 8.00. The molecule has 3 atom stereocenters. The predicted molar refractivity (Wildman–Crippen MR) is 65.4 cm³/mol. The fraction of sp³-hybridized carbons (Fsp3) is 1.00. The summed E-state index contributed by atoms with van der Waals surface area (Å²) in [6, 6.07) is -0.640. The molecule has 0 aromatic rings. The van der Waals surface area contributed by atoms with Crippen LogP contribution >= 0.6 is 7.60 Å². The molecule has 0 aliphatic carbocycles. The van der Waals surface area contributed by atoms with Crippen molar-refractivity contribution in [3.05, 3.63) is 0 Å². The molecule has 0 unspecified atom stereocenters. The van der Waals surface area contributed by atoms with Gasteiger partial charge < -0.3 is 18.9 Å². The molecule has 7 heteroatoms. The SMILES string of the molecule is [B][C@@H]1O[C@H](CCP(=O)(OCC)OCC)C[C@@H]1O. The van der Waals surface area contributed by atoms with E-state index in [4.69, 9.17) is 21.6 Å². The van der Waals surface area contributed by atoms with Crippen LogP contribution < -0.4 is 0 Å². The summed E-state index contributed by atoms with van der Waals surface area (Å²) in [5.74, 6) is 0. The maximum absolute atomic E-state index is 12.1. The van der Waals surface area contributed by atoms with Crippen LogP contribution in [-0.4, -0.2) is 50.5 Å². The monoisotopic (exact) mass is 262 g/mol. The number of rotatable bonds is 7. The van der Waals surface area contributed by atoms with E-state index in [0.717, 1.165) is 0 Å². The second kappa shape index (κ2) is 6.91. The second-order valence-electron chi connectivity index (χ2n) is 3.98. The zero-order valence-electron chi connectivity index (χ0n) is 10.4. The van der Waals surface area contributed by atoms with Crippen LogP contribution in [-0.2, 0) is 18.3 Å². The highest BCUT2D eigenvalue weighted by Gasteiger charge is 2.32. The highest BCUT2D eigenvalue weighted by molar-refractivity contribution is 7.53. The first kappa shape index (κ1) is 15.2. The molecule has 1 fully saturated rings. The van der Waals surface area contributed by atoms with Crippen LogP contribution in [0.25, 0.3) is 0 Å². The Hall–Kier alpha value is 0.135. The van der Waals surface area contributed by atoms with Gasteiger partial charge in [-0.25, -0.2) is 0 Å². The molecule has 1 aliphatic heterocycles. The van der Waals surface area contributed by atoms with Crippen LogP contribution in [0.1, 0.15) is 26.7 Å². The topological polar surface area (TPSA) is 65.0 Å². The fourth-order valence-electron chi connectivity index (χ4n) is 1.82. The summed E-state index contributed by atoms with van der Waals surface area (Å²) in [5.41, 5.74) is 0. The maximum Gasteiger partial charge on any atom is 0.330 e. The van der Waals surface area contributed by atoms with E-state index in [1.807, 2.05) is 0 Å². The summed E-state index contributed by atoms with van der Waals surface area (Å²) in [6.45, 7) is 4.25. The minimum absolute atomic E-state index is 0.172. The van der Waals surface area contributed by atoms with Gasteiger partial charge in [0.1, 0.15) is 7.85 Å². The van der Waals surface area contributed by atoms with Crippen molar-refractivity contribution in [1.82, 2.24) is 0 Å². The second-order valence-corrected chi connectivity index (χ2v) is 6.17. The smallest absolute Gasteiger partial charge is 0.330 e. The molecular weight excluding hydrogens is 242 g/mol. The van der Waals surface area contributed by atoms with Crippen LogP contribution in [0.15, 0.2) is 0 Å². The Morgan fingerprint density at radius 3 is 2.41 bits per heavy atom. The molecule has 1 rings (SSSR count). The number of hydrogen-bond donors (Lipinski definition) is 1. The minimum Gasteiger partial charge on any atom is -0.391 e. The van der Waals surface area contributed by atoms with E-state index in [1.54, 1.807) is 13.8 Å². The molecule has 0 aromatic carbocycles. The van der Waals surface area contributed by atoms with Gasteiger partial charge in [0.05, 0.1) is 31.6 Å². The molecule has 0 aromatic heterocycles. The molecule has 98 valence electrons. The molecule has 0 saturated carbocycles. The van der Waals surface area contributed by atoms with Crippen molar-refractivity contribution in [3.8, 4) is 0 Å². The Bertz CT molecular complexity index is 255. The molecule has 5 nitrogen and oxygen atoms in total. The average molecular weight is 262 g/mol. The zero-order valence-corrected chi connectivity index (χ0v) is 11.3. The third-order valence-corrected chi connectivity index (χ3v) is 4.72. The van der Waals surface area contributed by atoms with Gasteiger partial charge >= 0.3 is 7.60 Å². The van der Waals surface area contributed by atoms with E-state index in [9.17, 15) is 9.67 Å². The normalized spacial score (nSPS) is 29.7. The zero-order chi connectivity index (χ0) is 12.9. The summed E-state index contributed by atoms with van der Waals surface area (Å²) in [7, 11) is 2.51. The third kappa shape index (κ3) is 4.72. The third-order valence-electron chi connectivity index (χ3n) is 2.61. The number of ether oxygens (including phenoxy) is 1. The van der Waals surface area contributed by atoms with Gasteiger partial charge in [-0.1, -0.05) is 0 Å². The Kier molecular flexibility index (Phi) is 6.17. The molecule has 0 amide bonds. The molecule has 0 bridgehead atoms. The van der Waals surface area contributed by atoms with Gasteiger partial charge in [0, 0.05) is 12.4 Å². The van der Waals surface area contributed by atoms with Crippen molar-refractivity contribution in [2.45, 2.75) is 44.9 Å². The minimum atomic E-state index is -3.01. The summed E-state index contributed by atoms with van der Waals surface area (Å²) in [6.07, 6.45) is 0.466. The summed E-state index contributed by atoms with van der Waals surface area (Å²) in [4.78, 5) is 0. The Morgan fingerprint density at radius 2 is 2.00 bits per heavy atom. The summed E-state index contributed by atoms with van der Waals surface area (Å²) in [5, 5.41) is 9.42. The maximum atomic E-state index is 12.1. The van der Waals surface area contributed by atoms with Crippen molar-refractivity contribution in [2.75, 3.05) is 19.4 Å². The molecule has 1 saturated heterocycles. The van der Waals surface area contributed by atoms with E-state index in [1.165, 1.54) is 0 Å². The van der Waals surface area contributed by atoms with Gasteiger partial charge in [-0.15, -0.1) is 0 Å². The lowest BCUT2D eigenvalue weighted by atomic mass is 9.94. The lowest BCUT2D eigenvalue weighted by Gasteiger charge is -2.18. The van der Waals surface area contributed by atoms with Crippen molar-refractivity contribution in [2.24, 2.45) is 0 Å². The number of aliphatic hydroxyl groups is 1. The Balaban J connectivity index is 2.39. The van der Waals surface area contributed by atoms with E-state index in [0.29, 0.717) is 32.2 Å². The van der Waals surface area contributed by atoms with Gasteiger partial charge in [-0.05, 0) is 20.3 Å². The van der Waals surface area contributed by atoms with Gasteiger partial charge in [-0.3, -0.25) is 4.57 Å². The molecule has 0 spiro atoms. The van der Waals surface area contributed by atoms with Crippen LogP contribution in [0.2, 0.25) is 0 Å². The van der Waals surface area contributed by atoms with Crippen LogP contribution in [0.5, 0.6) is 0 Å². The molecule has 1 aliphatic rings. The van der Waals surface area contributed by atoms with Crippen LogP contribution in [0, 0.1) is 0 Å². The van der Waals surface area contributed by atoms with Gasteiger partial charge in [0.2, 0.25) is 0 Å². The molecule has 1 heterocycles. The van der Waals surface area contributed by atoms with Crippen molar-refractivity contribution in [3.63, 3.8) is 0 Å². The van der Waals surface area contributed by atoms with Crippen molar-refractivity contribution >= 4 is 15.4 Å². The fourth-order valence-corrected chi connectivity index (χ4v) is 3.54. The standard InChI is InChI=1S/C10H20BO5P/c1-3-14-17(13,15-4-2)6-5-8-7-9(12)10(11)16-8/h8-10,12H,3-7H2,1-2H3/t8-,9+,10-/m1/s1. The lowest BCUT2D eigenvalue weighted by Crippen LogP contribution is -2.20. The molecule has 1 N–H and O–H groups in total. The average Bonchev–Trinajstić information content (AvgIpc) is 2.57. The Morgan fingerprint density at radius 1 is 1.41 bits per heavy atom. The Labute approximate surface area is 104 Å². The highest BCUT2D eigenvalue weighted by Crippen LogP contribution is 2.49. The molecular formula is C10H20BO5P. The highest BCUT2D eigenvalue weighted by atomic mass is 31.2. The summed E-state index contributed by atoms with van der Waals surface area (Å²) >= 11 is 0. The van der Waals surface area contributed by atoms with Gasteiger partial charge in [0.25, 0.3) is 0 Å². The van der Waals surface area contributed by atoms with E-state index in [2.05, 4.69) is 0 Å². The van der Waals surface area contributed by atoms with Gasteiger partial charge in [-0.2, -0.15) is 0 Å². The van der Waals surface area contributed by atoms with Crippen LogP contribution in [0.3, 0.4) is 0 Å². The van der Waals surface area contributed by atoms with Crippen molar-refractivity contribution < 1.29 is 23.5 Å². The van der Waals surface area contributed by atoms with E-state index in [-0.39, 0.29) is 6.10 Å². The first-order valence-electron chi connectivity index (χ1n) is 5.98. The van der Waals surface area contributed by atoms with E-state index >= 15 is 0 Å². The first-order valence-corrected chi connectivity index (χ1v) is 7.70. The largest absolute Gasteiger partial charge is 0.391 e. The van der Waals surface area contributed by atoms with Gasteiger partial charge in [0.15, 0.2) is 0 Å². The van der Waals surface area contributed by atoms with Crippen molar-refractivity contribution in [1.29, 1.82) is 0 Å². The lowest BCUT2D eigenvalue weighted by molar-refractivity contribution is 0.0582. The van der Waals surface area contributed by atoms with E-state index < -0.39 is 19.7 Å². The number of aliphatic hydroxyl groups excluding tert-OH is 1. The summed E-state index contributed by atoms with van der Waals surface area (Å²) < 4.78 is 27.8. The molecule has 2 radical (unpaired) electrons. The molecule has 17 heavy (non-hydrogen) atoms. The van der Waals surface area contributed by atoms with Crippen LogP contribution in [0.4, 0.5) is 0 Å². The number of hydrogen-bond acceptors (Lipinski definition) is 5. The quantitative estimate of drug-likeness (QED) is 0.553.